The van der Waals surface area contributed by atoms with Crippen LogP contribution in [0.3, 0.4) is 0 Å². The number of benzene rings is 2. The molecule has 3 aromatic rings. The zero-order chi connectivity index (χ0) is 17.3. The van der Waals surface area contributed by atoms with Crippen LogP contribution in [-0.4, -0.2) is 20.9 Å². The van der Waals surface area contributed by atoms with Crippen molar-refractivity contribution in [1.82, 2.24) is 15.0 Å². The van der Waals surface area contributed by atoms with Gasteiger partial charge < -0.3 is 5.32 Å². The molecule has 1 aromatic heterocycles. The lowest BCUT2D eigenvalue weighted by Crippen LogP contribution is -2.30. The monoisotopic (exact) mass is 362 g/mol. The highest BCUT2D eigenvalue weighted by Crippen LogP contribution is 2.32. The van der Waals surface area contributed by atoms with Crippen LogP contribution in [0, 0.1) is 6.92 Å². The molecule has 0 aliphatic rings. The first kappa shape index (κ1) is 16.4. The number of aromatic nitrogens is 3. The SMILES string of the molecule is Cc1ccc(Cl)c(NC(=O)Cn2nnc3ccccc3c2=O)c1Cl. The van der Waals surface area contributed by atoms with Crippen LogP contribution in [0.1, 0.15) is 5.56 Å². The third-order valence-corrected chi connectivity index (χ3v) is 4.27. The van der Waals surface area contributed by atoms with Crippen LogP contribution < -0.4 is 10.9 Å². The number of carbonyl (C=O) groups is 1. The van der Waals surface area contributed by atoms with Crippen molar-refractivity contribution in [2.24, 2.45) is 0 Å². The molecule has 0 bridgehead atoms. The minimum Gasteiger partial charge on any atom is -0.322 e. The van der Waals surface area contributed by atoms with E-state index in [2.05, 4.69) is 15.6 Å². The highest BCUT2D eigenvalue weighted by molar-refractivity contribution is 6.40. The molecule has 0 aliphatic carbocycles. The van der Waals surface area contributed by atoms with Crippen LogP contribution in [0.25, 0.3) is 10.9 Å². The number of nitrogens with one attached hydrogen (secondary N) is 1. The molecule has 8 heteroatoms. The van der Waals surface area contributed by atoms with Gasteiger partial charge in [-0.2, -0.15) is 0 Å². The van der Waals surface area contributed by atoms with Crippen molar-refractivity contribution in [2.75, 3.05) is 5.32 Å². The number of hydrogen-bond acceptors (Lipinski definition) is 4. The Morgan fingerprint density at radius 3 is 2.75 bits per heavy atom. The van der Waals surface area contributed by atoms with Crippen molar-refractivity contribution < 1.29 is 4.79 Å². The molecule has 3 rings (SSSR count). The second-order valence-electron chi connectivity index (χ2n) is 5.17. The fourth-order valence-corrected chi connectivity index (χ4v) is 2.68. The van der Waals surface area contributed by atoms with Crippen LogP contribution >= 0.6 is 23.2 Å². The first-order valence-electron chi connectivity index (χ1n) is 7.04. The van der Waals surface area contributed by atoms with Crippen LogP contribution in [0.4, 0.5) is 5.69 Å². The van der Waals surface area contributed by atoms with E-state index in [1.54, 1.807) is 43.3 Å². The maximum atomic E-state index is 12.3. The normalized spacial score (nSPS) is 10.8. The van der Waals surface area contributed by atoms with Crippen LogP contribution in [-0.2, 0) is 11.3 Å². The topological polar surface area (TPSA) is 76.9 Å². The molecule has 1 heterocycles. The highest BCUT2D eigenvalue weighted by Gasteiger charge is 2.14. The minimum absolute atomic E-state index is 0.294. The summed E-state index contributed by atoms with van der Waals surface area (Å²) in [6, 6.07) is 10.2. The van der Waals surface area contributed by atoms with E-state index in [0.717, 1.165) is 10.2 Å². The van der Waals surface area contributed by atoms with Crippen LogP contribution in [0.5, 0.6) is 0 Å². The van der Waals surface area contributed by atoms with E-state index in [1.165, 1.54) is 0 Å². The van der Waals surface area contributed by atoms with Crippen molar-refractivity contribution in [1.29, 1.82) is 0 Å². The average molecular weight is 363 g/mol. The van der Waals surface area contributed by atoms with E-state index >= 15 is 0 Å². The van der Waals surface area contributed by atoms with Gasteiger partial charge in [0.05, 0.1) is 21.1 Å². The molecule has 1 N–H and O–H groups in total. The number of halogens is 2. The first-order valence-corrected chi connectivity index (χ1v) is 7.80. The summed E-state index contributed by atoms with van der Waals surface area (Å²) in [6.07, 6.45) is 0. The molecule has 0 unspecified atom stereocenters. The molecule has 0 saturated carbocycles. The molecule has 122 valence electrons. The minimum atomic E-state index is -0.476. The standard InChI is InChI=1S/C16H12Cl2N4O2/c1-9-6-7-11(17)15(14(9)18)19-13(23)8-22-16(24)10-4-2-3-5-12(10)20-21-22/h2-7H,8H2,1H3,(H,19,23). The maximum absolute atomic E-state index is 12.3. The molecule has 0 spiro atoms. The lowest BCUT2D eigenvalue weighted by Gasteiger charge is -2.11. The third kappa shape index (κ3) is 3.11. The fraction of sp³-hybridized carbons (Fsp3) is 0.125. The Hall–Kier alpha value is -2.44. The van der Waals surface area contributed by atoms with E-state index in [4.69, 9.17) is 23.2 Å². The fourth-order valence-electron chi connectivity index (χ4n) is 2.21. The predicted molar refractivity (Wildman–Crippen MR) is 93.6 cm³/mol. The molecule has 0 aliphatic heterocycles. The Kier molecular flexibility index (Phi) is 4.51. The second-order valence-corrected chi connectivity index (χ2v) is 5.96. The van der Waals surface area contributed by atoms with Crippen LogP contribution in [0.15, 0.2) is 41.2 Å². The van der Waals surface area contributed by atoms with E-state index in [9.17, 15) is 9.59 Å². The summed E-state index contributed by atoms with van der Waals surface area (Å²) in [5, 5.41) is 11.4. The van der Waals surface area contributed by atoms with Crippen molar-refractivity contribution in [3.8, 4) is 0 Å². The van der Waals surface area contributed by atoms with Gasteiger partial charge in [-0.15, -0.1) is 5.10 Å². The number of nitrogens with zero attached hydrogens (tertiary/aromatic N) is 3. The Morgan fingerprint density at radius 1 is 1.21 bits per heavy atom. The average Bonchev–Trinajstić information content (AvgIpc) is 2.58. The number of anilines is 1. The van der Waals surface area contributed by atoms with Gasteiger partial charge in [0.25, 0.3) is 5.56 Å². The van der Waals surface area contributed by atoms with Gasteiger partial charge in [0, 0.05) is 0 Å². The quantitative estimate of drug-likeness (QED) is 0.776. The summed E-state index contributed by atoms with van der Waals surface area (Å²) in [5.74, 6) is -0.476. The summed E-state index contributed by atoms with van der Waals surface area (Å²) < 4.78 is 0.995. The van der Waals surface area contributed by atoms with Gasteiger partial charge >= 0.3 is 0 Å². The number of carbonyl (C=O) groups excluding carboxylic acids is 1. The number of rotatable bonds is 3. The number of amides is 1. The highest BCUT2D eigenvalue weighted by atomic mass is 35.5. The van der Waals surface area contributed by atoms with Crippen molar-refractivity contribution in [3.63, 3.8) is 0 Å². The van der Waals surface area contributed by atoms with E-state index < -0.39 is 11.5 Å². The molecule has 1 amide bonds. The summed E-state index contributed by atoms with van der Waals surface area (Å²) in [4.78, 5) is 24.6. The maximum Gasteiger partial charge on any atom is 0.278 e. The lowest BCUT2D eigenvalue weighted by atomic mass is 10.2. The van der Waals surface area contributed by atoms with E-state index in [-0.39, 0.29) is 6.54 Å². The Balaban J connectivity index is 1.87. The molecule has 0 fully saturated rings. The van der Waals surface area contributed by atoms with Crippen molar-refractivity contribution >= 4 is 45.7 Å². The Labute approximate surface area is 147 Å². The van der Waals surface area contributed by atoms with Gasteiger partial charge in [-0.25, -0.2) is 4.68 Å². The summed E-state index contributed by atoms with van der Waals surface area (Å²) in [7, 11) is 0. The molecular formula is C16H12Cl2N4O2. The van der Waals surface area contributed by atoms with E-state index in [1.807, 2.05) is 0 Å². The lowest BCUT2D eigenvalue weighted by molar-refractivity contribution is -0.117. The first-order chi connectivity index (χ1) is 11.5. The molecule has 24 heavy (non-hydrogen) atoms. The van der Waals surface area contributed by atoms with Crippen LogP contribution in [0.2, 0.25) is 10.0 Å². The summed E-state index contributed by atoms with van der Waals surface area (Å²) in [5.41, 5.74) is 1.17. The summed E-state index contributed by atoms with van der Waals surface area (Å²) >= 11 is 12.2. The molecule has 0 radical (unpaired) electrons. The van der Waals surface area contributed by atoms with Gasteiger partial charge in [-0.1, -0.05) is 46.6 Å². The van der Waals surface area contributed by atoms with Crippen molar-refractivity contribution in [2.45, 2.75) is 13.5 Å². The Bertz CT molecular complexity index is 1000. The van der Waals surface area contributed by atoms with E-state index in [0.29, 0.717) is 26.6 Å². The number of hydrogen-bond donors (Lipinski definition) is 1. The second kappa shape index (κ2) is 6.59. The van der Waals surface area contributed by atoms with Gasteiger partial charge in [0.15, 0.2) is 0 Å². The zero-order valence-electron chi connectivity index (χ0n) is 12.6. The third-order valence-electron chi connectivity index (χ3n) is 3.47. The largest absolute Gasteiger partial charge is 0.322 e. The zero-order valence-corrected chi connectivity index (χ0v) is 14.1. The molecule has 0 atom stereocenters. The molecule has 0 saturated heterocycles. The number of aryl methyl sites for hydroxylation is 1. The molecular weight excluding hydrogens is 351 g/mol. The summed E-state index contributed by atoms with van der Waals surface area (Å²) in [6.45, 7) is 1.50. The number of fused-ring (bicyclic) bond motifs is 1. The van der Waals surface area contributed by atoms with Gasteiger partial charge in [0.1, 0.15) is 12.1 Å². The smallest absolute Gasteiger partial charge is 0.278 e. The van der Waals surface area contributed by atoms with Gasteiger partial charge in [-0.05, 0) is 30.7 Å². The van der Waals surface area contributed by atoms with Gasteiger partial charge in [0.2, 0.25) is 5.91 Å². The predicted octanol–water partition coefficient (Wildman–Crippen LogP) is 3.05. The molecule has 2 aromatic carbocycles. The Morgan fingerprint density at radius 2 is 1.96 bits per heavy atom. The van der Waals surface area contributed by atoms with Gasteiger partial charge in [-0.3, -0.25) is 9.59 Å². The molecule has 6 nitrogen and oxygen atoms in total. The van der Waals surface area contributed by atoms with Crippen molar-refractivity contribution in [3.05, 3.63) is 62.4 Å².